The number of rotatable bonds is 48. The molecule has 30 heteroatoms. The van der Waals surface area contributed by atoms with E-state index in [9.17, 15) is 0 Å². The molecule has 0 aliphatic heterocycles. The largest absolute Gasteiger partial charge is 0.536 e. The van der Waals surface area contributed by atoms with Gasteiger partial charge in [-0.25, -0.2) is 0 Å². The molecule has 0 aromatic heterocycles. The Morgan fingerprint density at radius 1 is 0.327 bits per heavy atom. The van der Waals surface area contributed by atoms with Crippen molar-refractivity contribution >= 4 is 91.6 Å². The van der Waals surface area contributed by atoms with Crippen LogP contribution in [0.5, 0.6) is 0 Å². The first kappa shape index (κ1) is 111. The van der Waals surface area contributed by atoms with E-state index in [-0.39, 0.29) is 0 Å². The second-order valence-electron chi connectivity index (χ2n) is 20.6. The van der Waals surface area contributed by atoms with E-state index in [0.29, 0.717) is 45.7 Å². The SMILES string of the molecule is C=CC.C=CCCCC[Si](OC)(OC)OC.C=CC[Si](OC)(OC)OC.C=CC[Si](OC)(OC)c1ccccc1.C=C[Si](OC)(OC)OC.C=C[Si](OC)(OC)c1ccccc1.C=C[Si](OCC)(OCC)OCC.C=C[Si](OCCC)(OCCC)OCCC.C=Cc1ccc([Si](OC)(OC)OC)cc1. The van der Waals surface area contributed by atoms with Gasteiger partial charge in [-0.05, 0) is 105 Å². The van der Waals surface area contributed by atoms with Crippen LogP contribution >= 0.6 is 0 Å². The monoisotopic (exact) mass is 1600 g/mol. The van der Waals surface area contributed by atoms with Crippen LogP contribution in [-0.2, 0) is 97.4 Å². The molecule has 0 N–H and O–H groups in total. The molecule has 0 radical (unpaired) electrons. The van der Waals surface area contributed by atoms with Gasteiger partial charge in [0.15, 0.2) is 0 Å². The summed E-state index contributed by atoms with van der Waals surface area (Å²) in [7, 11) is 6.46. The predicted octanol–water partition coefficient (Wildman–Crippen LogP) is 14.3. The van der Waals surface area contributed by atoms with Crippen LogP contribution in [-0.4, -0.2) is 223 Å². The summed E-state index contributed by atoms with van der Waals surface area (Å²) in [4.78, 5) is 0. The maximum Gasteiger partial charge on any atom is 0.536 e. The number of unbranched alkanes of at least 4 members (excludes halogenated alkanes) is 2. The van der Waals surface area contributed by atoms with Crippen molar-refractivity contribution in [3.8, 4) is 0 Å². The highest BCUT2D eigenvalue weighted by Gasteiger charge is 2.42. The molecular formula is C74H140O22Si8. The van der Waals surface area contributed by atoms with Gasteiger partial charge in [0.25, 0.3) is 0 Å². The maximum atomic E-state index is 5.71. The van der Waals surface area contributed by atoms with Gasteiger partial charge < -0.3 is 97.4 Å². The van der Waals surface area contributed by atoms with Crippen molar-refractivity contribution < 1.29 is 97.4 Å². The van der Waals surface area contributed by atoms with Gasteiger partial charge in [0.1, 0.15) is 0 Å². The first-order valence-corrected chi connectivity index (χ1v) is 49.3. The Hall–Kier alpha value is -3.82. The van der Waals surface area contributed by atoms with Crippen LogP contribution in [0.3, 0.4) is 0 Å². The van der Waals surface area contributed by atoms with Crippen LogP contribution < -0.4 is 15.6 Å². The zero-order valence-corrected chi connectivity index (χ0v) is 76.2. The third kappa shape index (κ3) is 44.6. The molecule has 0 heterocycles. The van der Waals surface area contributed by atoms with Gasteiger partial charge in [-0.3, -0.25) is 0 Å². The zero-order valence-electron chi connectivity index (χ0n) is 68.2. The lowest BCUT2D eigenvalue weighted by Gasteiger charge is -2.26. The normalized spacial score (nSPS) is 11.3. The van der Waals surface area contributed by atoms with E-state index in [1.165, 1.54) is 0 Å². The summed E-state index contributed by atoms with van der Waals surface area (Å²) in [6.45, 7) is 50.5. The lowest BCUT2D eigenvalue weighted by Crippen LogP contribution is -2.54. The molecule has 0 unspecified atom stereocenters. The summed E-state index contributed by atoms with van der Waals surface area (Å²) < 4.78 is 118. The maximum absolute atomic E-state index is 5.71. The summed E-state index contributed by atoms with van der Waals surface area (Å²) in [5.41, 5.74) is 7.82. The average Bonchev–Trinajstić information content (AvgIpc) is 0.834. The molecule has 0 saturated heterocycles. The lowest BCUT2D eigenvalue weighted by atomic mass is 10.2. The molecule has 0 amide bonds. The number of allylic oxidation sites excluding steroid dienone is 4. The van der Waals surface area contributed by atoms with Gasteiger partial charge in [0, 0.05) is 177 Å². The van der Waals surface area contributed by atoms with Crippen LogP contribution in [0.15, 0.2) is 191 Å². The average molecular weight is 1610 g/mol. The van der Waals surface area contributed by atoms with Crippen LogP contribution in [0.25, 0.3) is 6.08 Å². The molecule has 3 aromatic rings. The third-order valence-electron chi connectivity index (χ3n) is 14.2. The van der Waals surface area contributed by atoms with E-state index in [4.69, 9.17) is 97.4 Å². The Morgan fingerprint density at radius 2 is 0.683 bits per heavy atom. The quantitative estimate of drug-likeness (QED) is 0.0293. The minimum atomic E-state index is -2.66. The molecule has 3 aromatic carbocycles. The van der Waals surface area contributed by atoms with Crippen molar-refractivity contribution in [1.82, 2.24) is 0 Å². The topological polar surface area (TPSA) is 203 Å². The predicted molar refractivity (Wildman–Crippen MR) is 446 cm³/mol. The molecule has 104 heavy (non-hydrogen) atoms. The summed E-state index contributed by atoms with van der Waals surface area (Å²) in [6, 6.07) is 30.1. The van der Waals surface area contributed by atoms with Crippen LogP contribution in [0.4, 0.5) is 0 Å². The van der Waals surface area contributed by atoms with Gasteiger partial charge in [-0.1, -0.05) is 162 Å². The molecule has 0 aliphatic rings. The minimum absolute atomic E-state index is 0.595. The highest BCUT2D eigenvalue weighted by Crippen LogP contribution is 2.19. The van der Waals surface area contributed by atoms with Crippen molar-refractivity contribution in [2.45, 2.75) is 105 Å². The second-order valence-corrected chi connectivity index (χ2v) is 43.8. The fraction of sp³-hybridized carbons (Fsp3) is 0.514. The molecule has 600 valence electrons. The van der Waals surface area contributed by atoms with E-state index in [2.05, 4.69) is 80.0 Å². The Bertz CT molecular complexity index is 2440. The third-order valence-corrected chi connectivity index (χ3v) is 35.7. The molecule has 0 aliphatic carbocycles. The van der Waals surface area contributed by atoms with Crippen molar-refractivity contribution in [3.05, 3.63) is 197 Å². The van der Waals surface area contributed by atoms with Crippen molar-refractivity contribution in [3.63, 3.8) is 0 Å². The highest BCUT2D eigenvalue weighted by atomic mass is 28.4. The van der Waals surface area contributed by atoms with Crippen molar-refractivity contribution in [2.24, 2.45) is 0 Å². The first-order chi connectivity index (χ1) is 49.9. The standard InChI is InChI=1S/C11H16O3Si.C11H24O3Si.C11H16O2Si.C10H14O2Si.C9H20O3Si.C8H18O3Si.C6H14O3Si.C5H12O3Si.C3H6/c1-5-10-6-8-11(9-7-10)15(12-2,13-3)14-4;1-5-9-12-15(8-4,13-10-6-2)14-11-7-3;1-4-10-14(12-2,13-3)11-8-6-5-7-9-11;1-4-13(11-2,12-3)10-8-6-5-7-9-10;1-5-6-7-8-9-13(10-2,11-3)12-4;1-5-9-12(8-4,10-6-2)11-7-3;1-5-6-10(7-2,8-3)9-4;1-5-9(6-2,7-3)8-4;1-3-2/h5-9H,1H2,2-4H3;8H,4-7,9-11H2,1-3H3;4-9H,1,10H2,2-3H3;4-9H,1H2,2-3H3;5H,1,6-9H2,2-4H3;8H,4-7H2,1-3H3;5H,1,6H2,2-4H3;5H,1H2,2-4H3;3H,1H2,2H3. The van der Waals surface area contributed by atoms with Crippen LogP contribution in [0.2, 0.25) is 18.1 Å². The molecule has 0 saturated carbocycles. The van der Waals surface area contributed by atoms with E-state index in [0.717, 1.165) is 71.7 Å². The van der Waals surface area contributed by atoms with Crippen molar-refractivity contribution in [2.75, 3.05) is 153 Å². The first-order valence-electron chi connectivity index (χ1n) is 34.4. The fourth-order valence-corrected chi connectivity index (χ4v) is 22.5. The molecule has 0 spiro atoms. The Morgan fingerprint density at radius 3 is 0.923 bits per heavy atom. The summed E-state index contributed by atoms with van der Waals surface area (Å²) in [6.07, 6.45) is 15.2. The summed E-state index contributed by atoms with van der Waals surface area (Å²) in [5, 5.41) is 3.17. The molecule has 3 rings (SSSR count). The lowest BCUT2D eigenvalue weighted by molar-refractivity contribution is 0.0716. The van der Waals surface area contributed by atoms with E-state index in [1.807, 2.05) is 125 Å². The van der Waals surface area contributed by atoms with Crippen LogP contribution in [0.1, 0.15) is 92.6 Å². The summed E-state index contributed by atoms with van der Waals surface area (Å²) >= 11 is 0. The zero-order chi connectivity index (χ0) is 80.7. The smallest absolute Gasteiger partial charge is 0.394 e. The summed E-state index contributed by atoms with van der Waals surface area (Å²) in [5.74, 6) is 0. The molecule has 22 nitrogen and oxygen atoms in total. The van der Waals surface area contributed by atoms with Gasteiger partial charge in [-0.15, -0.1) is 32.9 Å². The second kappa shape index (κ2) is 70.8. The molecule has 0 atom stereocenters. The van der Waals surface area contributed by atoms with E-state index >= 15 is 0 Å². The fourth-order valence-electron chi connectivity index (χ4n) is 8.49. The minimum Gasteiger partial charge on any atom is -0.394 e. The molecular weight excluding hydrogens is 1470 g/mol. The number of hydrogen-bond acceptors (Lipinski definition) is 22. The Balaban J connectivity index is -0.000000263. The molecule has 0 bridgehead atoms. The van der Waals surface area contributed by atoms with E-state index < -0.39 is 69.9 Å². The Labute approximate surface area is 640 Å². The number of hydrogen-bond donors (Lipinski definition) is 0. The highest BCUT2D eigenvalue weighted by molar-refractivity contribution is 6.85. The van der Waals surface area contributed by atoms with Crippen molar-refractivity contribution in [1.29, 1.82) is 0 Å². The van der Waals surface area contributed by atoms with Gasteiger partial charge in [0.2, 0.25) is 0 Å². The Kier molecular flexibility index (Phi) is 75.7. The molecule has 0 fully saturated rings. The van der Waals surface area contributed by atoms with E-state index in [1.54, 1.807) is 155 Å². The van der Waals surface area contributed by atoms with Crippen LogP contribution in [0, 0.1) is 0 Å². The van der Waals surface area contributed by atoms with Gasteiger partial charge in [0.05, 0.1) is 0 Å². The van der Waals surface area contributed by atoms with Gasteiger partial charge >= 0.3 is 69.9 Å². The van der Waals surface area contributed by atoms with Gasteiger partial charge in [-0.2, -0.15) is 0 Å². The number of benzene rings is 3.